The number of carbonyl (C=O) groups excluding carboxylic acids is 6. The number of carbonyl (C=O) groups is 6. The zero-order valence-corrected chi connectivity index (χ0v) is 51.2. The Morgan fingerprint density at radius 1 is 0.240 bits per heavy atom. The standard InChI is InChI=1S/3C18H32O4.C8H17.Sn/c3*1-2-3-4-5-6-7-8-9-10-11-12-13-16-22-18(21)15-14-17(19)20;1-3-5-7-8-6-4-2;/h3*14-15H,2-13,16H2,1H3,(H,19,20);1,3-8H2,2H3;/q;;;;+3/p-3/b2*15-14-;;;. The molecule has 0 rings (SSSR count). The molecule has 0 fully saturated rings. The van der Waals surface area contributed by atoms with Gasteiger partial charge in [-0.25, -0.2) is 0 Å². The molecule has 434 valence electrons. The molecule has 0 radical (unpaired) electrons. The van der Waals surface area contributed by atoms with Crippen molar-refractivity contribution < 1.29 is 52.2 Å². The van der Waals surface area contributed by atoms with Gasteiger partial charge in [-0.2, -0.15) is 0 Å². The van der Waals surface area contributed by atoms with Gasteiger partial charge < -0.3 is 0 Å². The van der Waals surface area contributed by atoms with Gasteiger partial charge in [0, 0.05) is 0 Å². The van der Waals surface area contributed by atoms with E-state index in [9.17, 15) is 28.8 Å². The van der Waals surface area contributed by atoms with E-state index in [1.54, 1.807) is 0 Å². The number of ether oxygens (including phenoxy) is 3. The molecule has 13 heteroatoms. The number of rotatable bonds is 55. The Morgan fingerprint density at radius 3 is 0.627 bits per heavy atom. The smallest absolute Gasteiger partial charge is 0.0654 e. The molecular formula is C62H110O12Sn. The third-order valence-corrected chi connectivity index (χ3v) is 20.5. The van der Waals surface area contributed by atoms with Crippen LogP contribution in [0.4, 0.5) is 0 Å². The molecule has 0 aromatic rings. The molecule has 0 heterocycles. The number of hydrogen-bond donors (Lipinski definition) is 0. The van der Waals surface area contributed by atoms with Crippen molar-refractivity contribution >= 4 is 55.4 Å². The van der Waals surface area contributed by atoms with Crippen molar-refractivity contribution in [3.63, 3.8) is 0 Å². The molecule has 0 N–H and O–H groups in total. The summed E-state index contributed by atoms with van der Waals surface area (Å²) in [6.45, 7) is 9.41. The van der Waals surface area contributed by atoms with Gasteiger partial charge in [-0.3, -0.25) is 0 Å². The minimum atomic E-state index is -5.63. The third kappa shape index (κ3) is 51.4. The summed E-state index contributed by atoms with van der Waals surface area (Å²) >= 11 is -5.63. The average molecular weight is 1170 g/mol. The minimum absolute atomic E-state index is 0.0598. The Morgan fingerprint density at radius 2 is 0.413 bits per heavy atom. The molecule has 0 aliphatic carbocycles. The summed E-state index contributed by atoms with van der Waals surface area (Å²) in [5, 5.41) is 0. The van der Waals surface area contributed by atoms with Crippen LogP contribution >= 0.6 is 0 Å². The van der Waals surface area contributed by atoms with Crippen molar-refractivity contribution in [1.82, 2.24) is 0 Å². The van der Waals surface area contributed by atoms with Crippen LogP contribution in [0, 0.1) is 0 Å². The molecule has 0 bridgehead atoms. The van der Waals surface area contributed by atoms with Gasteiger partial charge in [0.05, 0.1) is 0 Å². The van der Waals surface area contributed by atoms with Gasteiger partial charge in [0.2, 0.25) is 0 Å². The summed E-state index contributed by atoms with van der Waals surface area (Å²) in [6.07, 6.45) is 52.7. The molecule has 0 spiro atoms. The normalized spacial score (nSPS) is 11.7. The van der Waals surface area contributed by atoms with Gasteiger partial charge in [0.1, 0.15) is 0 Å². The Kier molecular flexibility index (Phi) is 53.2. The van der Waals surface area contributed by atoms with Crippen LogP contribution in [0.25, 0.3) is 0 Å². The molecule has 0 saturated heterocycles. The first kappa shape index (κ1) is 71.8. The maximum atomic E-state index is 13.4. The quantitative estimate of drug-likeness (QED) is 0.0187. The van der Waals surface area contributed by atoms with Gasteiger partial charge in [-0.1, -0.05) is 156 Å². The topological polar surface area (TPSA) is 158 Å². The predicted molar refractivity (Wildman–Crippen MR) is 306 cm³/mol. The van der Waals surface area contributed by atoms with E-state index in [-0.39, 0.29) is 24.3 Å². The number of esters is 3. The van der Waals surface area contributed by atoms with E-state index in [1.807, 2.05) is 0 Å². The average Bonchev–Trinajstić information content (AvgIpc) is 3.39. The summed E-state index contributed by atoms with van der Waals surface area (Å²) in [7, 11) is 0. The van der Waals surface area contributed by atoms with E-state index >= 15 is 0 Å². The molecule has 0 aromatic heterocycles. The van der Waals surface area contributed by atoms with E-state index in [0.29, 0.717) is 32.1 Å². The van der Waals surface area contributed by atoms with Crippen molar-refractivity contribution in [2.75, 3.05) is 19.8 Å². The second-order valence-electron chi connectivity index (χ2n) is 20.6. The van der Waals surface area contributed by atoms with Crippen LogP contribution in [-0.2, 0) is 52.2 Å². The van der Waals surface area contributed by atoms with Crippen LogP contribution in [0.15, 0.2) is 36.5 Å². The number of unbranched alkanes of at least 4 members (excludes halogenated alkanes) is 38. The Hall–Kier alpha value is -3.16. The van der Waals surface area contributed by atoms with Crippen LogP contribution in [-0.4, -0.2) is 75.3 Å². The van der Waals surface area contributed by atoms with Crippen LogP contribution in [0.3, 0.4) is 0 Å². The van der Waals surface area contributed by atoms with E-state index in [2.05, 4.69) is 27.7 Å². The van der Waals surface area contributed by atoms with E-state index in [0.717, 1.165) is 120 Å². The van der Waals surface area contributed by atoms with Crippen LogP contribution in [0.2, 0.25) is 4.44 Å². The minimum Gasteiger partial charge on any atom is -0.0654 e. The van der Waals surface area contributed by atoms with Gasteiger partial charge in [0.15, 0.2) is 0 Å². The fourth-order valence-electron chi connectivity index (χ4n) is 8.80. The van der Waals surface area contributed by atoms with E-state index < -0.39 is 55.4 Å². The van der Waals surface area contributed by atoms with Gasteiger partial charge in [0.25, 0.3) is 0 Å². The molecule has 0 unspecified atom stereocenters. The Labute approximate surface area is 463 Å². The first-order valence-electron chi connectivity index (χ1n) is 30.8. The molecule has 0 amide bonds. The molecule has 0 aliphatic rings. The molecule has 0 aromatic carbocycles. The van der Waals surface area contributed by atoms with E-state index in [1.165, 1.54) is 154 Å². The summed E-state index contributed by atoms with van der Waals surface area (Å²) in [6, 6.07) is 0. The zero-order chi connectivity index (χ0) is 55.0. The summed E-state index contributed by atoms with van der Waals surface area (Å²) < 4.78 is 33.3. The van der Waals surface area contributed by atoms with Crippen LogP contribution in [0.1, 0.15) is 297 Å². The zero-order valence-electron chi connectivity index (χ0n) is 48.4. The predicted octanol–water partition coefficient (Wildman–Crippen LogP) is 17.3. The molecule has 0 atom stereocenters. The summed E-state index contributed by atoms with van der Waals surface area (Å²) in [5.74, 6) is -5.40. The van der Waals surface area contributed by atoms with Crippen molar-refractivity contribution in [3.8, 4) is 0 Å². The second-order valence-corrected chi connectivity index (χ2v) is 27.7. The maximum absolute atomic E-state index is 13.4. The molecule has 12 nitrogen and oxygen atoms in total. The summed E-state index contributed by atoms with van der Waals surface area (Å²) in [5.41, 5.74) is 0. The van der Waals surface area contributed by atoms with Gasteiger partial charge in [-0.15, -0.1) is 0 Å². The molecule has 0 saturated carbocycles. The fourth-order valence-corrected chi connectivity index (χ4v) is 15.2. The van der Waals surface area contributed by atoms with Crippen LogP contribution < -0.4 is 0 Å². The number of hydrogen-bond acceptors (Lipinski definition) is 12. The van der Waals surface area contributed by atoms with Crippen molar-refractivity contribution in [2.45, 2.75) is 302 Å². The van der Waals surface area contributed by atoms with E-state index in [4.69, 9.17) is 23.4 Å². The fraction of sp³-hybridized carbons (Fsp3) is 0.806. The molecular weight excluding hydrogens is 1060 g/mol. The summed E-state index contributed by atoms with van der Waals surface area (Å²) in [4.78, 5) is 78.0. The first-order valence-corrected chi connectivity index (χ1v) is 36.4. The molecule has 75 heavy (non-hydrogen) atoms. The Bertz CT molecular complexity index is 1330. The van der Waals surface area contributed by atoms with Crippen LogP contribution in [0.5, 0.6) is 0 Å². The van der Waals surface area contributed by atoms with Crippen molar-refractivity contribution in [2.24, 2.45) is 0 Å². The first-order chi connectivity index (χ1) is 36.6. The second kappa shape index (κ2) is 55.6. The third-order valence-electron chi connectivity index (χ3n) is 13.4. The Balaban J connectivity index is 5.56. The van der Waals surface area contributed by atoms with Crippen molar-refractivity contribution in [3.05, 3.63) is 36.5 Å². The SMILES string of the molecule is CCCCCCCCCCCCCCOC(=O)C=CC(=O)[O][Sn]([CH2]CCCCCCC)([O]C(=O)/C=C\C(=O)OCCCCCCCCCCCCCC)[O]C(=O)/C=C\C(=O)OCCCCCCCCCCCCCC. The monoisotopic (exact) mass is 1170 g/mol. The van der Waals surface area contributed by atoms with Crippen molar-refractivity contribution in [1.29, 1.82) is 0 Å². The molecule has 0 aliphatic heterocycles. The van der Waals surface area contributed by atoms with Gasteiger partial charge in [-0.05, 0) is 0 Å². The van der Waals surface area contributed by atoms with Gasteiger partial charge >= 0.3 is 310 Å².